The van der Waals surface area contributed by atoms with E-state index in [1.54, 1.807) is 12.4 Å². The summed E-state index contributed by atoms with van der Waals surface area (Å²) in [6.07, 6.45) is 2.55. The molecule has 28 heavy (non-hydrogen) atoms. The first-order chi connectivity index (χ1) is 13.7. The SMILES string of the molecule is Cc1nc[nH]c1-c1nc2ccc(C(O)NN)cn2c1NCCN1CCOCC1. The Morgan fingerprint density at radius 3 is 2.89 bits per heavy atom. The number of anilines is 1. The van der Waals surface area contributed by atoms with E-state index in [9.17, 15) is 5.11 Å². The molecule has 1 aliphatic rings. The third-order valence-electron chi connectivity index (χ3n) is 5.00. The van der Waals surface area contributed by atoms with Gasteiger partial charge in [-0.05, 0) is 19.1 Å². The normalized spacial score (nSPS) is 16.5. The Balaban J connectivity index is 1.66. The van der Waals surface area contributed by atoms with E-state index < -0.39 is 6.23 Å². The smallest absolute Gasteiger partial charge is 0.144 e. The highest BCUT2D eigenvalue weighted by Crippen LogP contribution is 2.29. The fraction of sp³-hybridized carbons (Fsp3) is 0.444. The first kappa shape index (κ1) is 18.8. The lowest BCUT2D eigenvalue weighted by atomic mass is 10.2. The molecule has 1 saturated heterocycles. The highest BCUT2D eigenvalue weighted by Gasteiger charge is 2.19. The summed E-state index contributed by atoms with van der Waals surface area (Å²) < 4.78 is 7.35. The van der Waals surface area contributed by atoms with Crippen molar-refractivity contribution in [2.75, 3.05) is 44.7 Å². The van der Waals surface area contributed by atoms with Crippen LogP contribution < -0.4 is 16.6 Å². The Labute approximate surface area is 162 Å². The topological polar surface area (TPSA) is 129 Å². The lowest BCUT2D eigenvalue weighted by molar-refractivity contribution is 0.0398. The second-order valence-corrected chi connectivity index (χ2v) is 6.81. The summed E-state index contributed by atoms with van der Waals surface area (Å²) in [5.41, 5.74) is 6.33. The third kappa shape index (κ3) is 3.73. The number of imidazole rings is 2. The fourth-order valence-electron chi connectivity index (χ4n) is 3.42. The number of nitrogens with zero attached hydrogens (tertiary/aromatic N) is 4. The Bertz CT molecular complexity index is 931. The number of aryl methyl sites for hydroxylation is 1. The number of morpholine rings is 1. The van der Waals surface area contributed by atoms with Gasteiger partial charge in [0.25, 0.3) is 0 Å². The van der Waals surface area contributed by atoms with E-state index in [0.717, 1.165) is 67.9 Å². The van der Waals surface area contributed by atoms with Crippen LogP contribution in [0.2, 0.25) is 0 Å². The van der Waals surface area contributed by atoms with Crippen LogP contribution in [0.4, 0.5) is 5.82 Å². The van der Waals surface area contributed by atoms with Crippen molar-refractivity contribution in [1.82, 2.24) is 29.7 Å². The molecule has 1 aliphatic heterocycles. The molecule has 3 aromatic rings. The van der Waals surface area contributed by atoms with Gasteiger partial charge in [-0.1, -0.05) is 0 Å². The number of fused-ring (bicyclic) bond motifs is 1. The number of hydrogen-bond donors (Lipinski definition) is 5. The number of hydrogen-bond acceptors (Lipinski definition) is 8. The van der Waals surface area contributed by atoms with Crippen LogP contribution in [0.3, 0.4) is 0 Å². The standard InChI is InChI=1S/C18H26N8O2/c1-12-15(22-11-21-12)16-17(20-4-5-25-6-8-28-9-7-25)26-10-13(18(27)24-19)2-3-14(26)23-16/h2-3,10-11,18,20,24,27H,4-9,19H2,1H3,(H,21,22). The summed E-state index contributed by atoms with van der Waals surface area (Å²) in [6.45, 7) is 7.06. The number of ether oxygens (including phenoxy) is 1. The van der Waals surface area contributed by atoms with Crippen molar-refractivity contribution in [3.05, 3.63) is 35.9 Å². The van der Waals surface area contributed by atoms with Gasteiger partial charge in [0.05, 0.1) is 30.9 Å². The van der Waals surface area contributed by atoms with Crippen LogP contribution in [-0.2, 0) is 4.74 Å². The molecule has 0 bridgehead atoms. The maximum absolute atomic E-state index is 10.0. The van der Waals surface area contributed by atoms with Crippen LogP contribution in [0, 0.1) is 6.92 Å². The zero-order chi connectivity index (χ0) is 19.5. The minimum absolute atomic E-state index is 0.650. The number of aliphatic hydroxyl groups is 1. The molecule has 4 heterocycles. The highest BCUT2D eigenvalue weighted by atomic mass is 16.5. The maximum Gasteiger partial charge on any atom is 0.144 e. The summed E-state index contributed by atoms with van der Waals surface area (Å²) in [5, 5.41) is 13.6. The first-order valence-corrected chi connectivity index (χ1v) is 9.38. The Morgan fingerprint density at radius 2 is 2.18 bits per heavy atom. The molecule has 10 heteroatoms. The van der Waals surface area contributed by atoms with Gasteiger partial charge in [0.2, 0.25) is 0 Å². The molecule has 1 unspecified atom stereocenters. The van der Waals surface area contributed by atoms with E-state index in [2.05, 4.69) is 25.6 Å². The van der Waals surface area contributed by atoms with Gasteiger partial charge >= 0.3 is 0 Å². The molecule has 0 aliphatic carbocycles. The predicted molar refractivity (Wildman–Crippen MR) is 106 cm³/mol. The van der Waals surface area contributed by atoms with Crippen molar-refractivity contribution in [1.29, 1.82) is 0 Å². The maximum atomic E-state index is 10.0. The van der Waals surface area contributed by atoms with Crippen molar-refractivity contribution < 1.29 is 9.84 Å². The Kier molecular flexibility index (Phi) is 5.55. The minimum atomic E-state index is -0.953. The molecule has 0 spiro atoms. The summed E-state index contributed by atoms with van der Waals surface area (Å²) in [7, 11) is 0. The van der Waals surface area contributed by atoms with Gasteiger partial charge in [0, 0.05) is 37.9 Å². The number of aromatic amines is 1. The lowest BCUT2D eigenvalue weighted by Gasteiger charge is -2.26. The van der Waals surface area contributed by atoms with Gasteiger partial charge < -0.3 is 20.1 Å². The average molecular weight is 386 g/mol. The molecule has 4 rings (SSSR count). The van der Waals surface area contributed by atoms with Crippen LogP contribution in [0.15, 0.2) is 24.7 Å². The molecular formula is C18H26N8O2. The van der Waals surface area contributed by atoms with Gasteiger partial charge in [-0.25, -0.2) is 15.4 Å². The van der Waals surface area contributed by atoms with Crippen molar-refractivity contribution in [2.45, 2.75) is 13.2 Å². The van der Waals surface area contributed by atoms with E-state index in [4.69, 9.17) is 15.6 Å². The van der Waals surface area contributed by atoms with Crippen LogP contribution in [0.1, 0.15) is 17.5 Å². The van der Waals surface area contributed by atoms with Gasteiger partial charge in [-0.3, -0.25) is 15.1 Å². The molecule has 0 aromatic carbocycles. The zero-order valence-electron chi connectivity index (χ0n) is 15.9. The molecule has 0 amide bonds. The van der Waals surface area contributed by atoms with Crippen LogP contribution in [0.5, 0.6) is 0 Å². The van der Waals surface area contributed by atoms with Gasteiger partial charge in [-0.15, -0.1) is 0 Å². The number of H-pyrrole nitrogens is 1. The second kappa shape index (κ2) is 8.25. The lowest BCUT2D eigenvalue weighted by Crippen LogP contribution is -2.39. The summed E-state index contributed by atoms with van der Waals surface area (Å²) in [5.74, 6) is 6.23. The van der Waals surface area contributed by atoms with E-state index in [-0.39, 0.29) is 0 Å². The summed E-state index contributed by atoms with van der Waals surface area (Å²) >= 11 is 0. The van der Waals surface area contributed by atoms with Crippen molar-refractivity contribution in [2.24, 2.45) is 5.84 Å². The Morgan fingerprint density at radius 1 is 1.36 bits per heavy atom. The van der Waals surface area contributed by atoms with Crippen molar-refractivity contribution >= 4 is 11.5 Å². The number of nitrogens with two attached hydrogens (primary N) is 1. The molecule has 150 valence electrons. The number of nitrogens with one attached hydrogen (secondary N) is 3. The molecule has 6 N–H and O–H groups in total. The van der Waals surface area contributed by atoms with E-state index in [0.29, 0.717) is 5.56 Å². The zero-order valence-corrected chi connectivity index (χ0v) is 15.9. The van der Waals surface area contributed by atoms with Crippen molar-refractivity contribution in [3.63, 3.8) is 0 Å². The number of rotatable bonds is 7. The minimum Gasteiger partial charge on any atom is -0.379 e. The Hall–Kier alpha value is -2.50. The average Bonchev–Trinajstić information content (AvgIpc) is 3.31. The number of aromatic nitrogens is 4. The second-order valence-electron chi connectivity index (χ2n) is 6.81. The monoisotopic (exact) mass is 386 g/mol. The van der Waals surface area contributed by atoms with Crippen LogP contribution in [-0.4, -0.2) is 68.8 Å². The van der Waals surface area contributed by atoms with Gasteiger partial charge in [-0.2, -0.15) is 0 Å². The van der Waals surface area contributed by atoms with E-state index in [1.807, 2.05) is 23.6 Å². The quantitative estimate of drug-likeness (QED) is 0.222. The first-order valence-electron chi connectivity index (χ1n) is 9.38. The molecule has 1 atom stereocenters. The number of pyridine rings is 1. The van der Waals surface area contributed by atoms with Crippen LogP contribution >= 0.6 is 0 Å². The van der Waals surface area contributed by atoms with Gasteiger partial charge in [0.15, 0.2) is 0 Å². The van der Waals surface area contributed by atoms with Gasteiger partial charge in [0.1, 0.15) is 23.4 Å². The van der Waals surface area contributed by atoms with E-state index in [1.165, 1.54) is 0 Å². The molecule has 3 aromatic heterocycles. The number of aliphatic hydroxyl groups excluding tert-OH is 1. The fourth-order valence-corrected chi connectivity index (χ4v) is 3.42. The van der Waals surface area contributed by atoms with Crippen molar-refractivity contribution in [3.8, 4) is 11.4 Å². The number of hydrazine groups is 1. The molecule has 0 saturated carbocycles. The highest BCUT2D eigenvalue weighted by molar-refractivity contribution is 5.75. The van der Waals surface area contributed by atoms with Crippen LogP contribution in [0.25, 0.3) is 17.0 Å². The largest absolute Gasteiger partial charge is 0.379 e. The third-order valence-corrected chi connectivity index (χ3v) is 5.00. The molecule has 0 radical (unpaired) electrons. The molecular weight excluding hydrogens is 360 g/mol. The predicted octanol–water partition coefficient (Wildman–Crippen LogP) is 0.231. The molecule has 1 fully saturated rings. The summed E-state index contributed by atoms with van der Waals surface area (Å²) in [6, 6.07) is 3.66. The molecule has 10 nitrogen and oxygen atoms in total. The summed E-state index contributed by atoms with van der Waals surface area (Å²) in [4.78, 5) is 14.6. The van der Waals surface area contributed by atoms with E-state index >= 15 is 0 Å².